The van der Waals surface area contributed by atoms with E-state index in [9.17, 15) is 0 Å². The van der Waals surface area contributed by atoms with E-state index in [4.69, 9.17) is 21.1 Å². The molecule has 1 heterocycles. The molecular formula is C33H30ClN2O2S+. The van der Waals surface area contributed by atoms with E-state index in [1.807, 2.05) is 66.7 Å². The second-order valence-corrected chi connectivity index (χ2v) is 10.4. The molecule has 0 atom stereocenters. The zero-order valence-electron chi connectivity index (χ0n) is 22.2. The molecule has 0 bridgehead atoms. The lowest BCUT2D eigenvalue weighted by Gasteiger charge is -2.24. The standard InChI is InChI=1S/C33H30ClN2O2S/c1-35-27-21-20-25(33-28(37-2)16-10-17-29(33)38-3)22-30(27)39-32(35)19-11-18-31(34)36(26-14-8-5-9-15-26)23-24-12-6-4-7-13-24/h4-22H,23H2,1-3H3/q+1. The van der Waals surface area contributed by atoms with Gasteiger partial charge in [0.05, 0.1) is 19.8 Å². The number of hydrogen-bond donors (Lipinski definition) is 0. The number of anilines is 1. The summed E-state index contributed by atoms with van der Waals surface area (Å²) >= 11 is 8.60. The minimum absolute atomic E-state index is 0.649. The molecule has 5 aromatic rings. The minimum Gasteiger partial charge on any atom is -0.496 e. The van der Waals surface area contributed by atoms with Crippen LogP contribution in [0.15, 0.2) is 114 Å². The van der Waals surface area contributed by atoms with E-state index in [1.165, 1.54) is 10.3 Å². The summed E-state index contributed by atoms with van der Waals surface area (Å²) in [6.07, 6.45) is 6.06. The molecule has 0 saturated carbocycles. The van der Waals surface area contributed by atoms with Crippen LogP contribution in [0.4, 0.5) is 5.69 Å². The van der Waals surface area contributed by atoms with Crippen LogP contribution in [0.1, 0.15) is 10.6 Å². The van der Waals surface area contributed by atoms with Gasteiger partial charge >= 0.3 is 0 Å². The molecule has 6 heteroatoms. The summed E-state index contributed by atoms with van der Waals surface area (Å²) in [7, 11) is 5.45. The Bertz CT molecular complexity index is 1610. The largest absolute Gasteiger partial charge is 0.496 e. The van der Waals surface area contributed by atoms with Crippen molar-refractivity contribution in [3.63, 3.8) is 0 Å². The summed E-state index contributed by atoms with van der Waals surface area (Å²) in [5, 5.41) is 1.76. The molecule has 0 aliphatic heterocycles. The molecule has 196 valence electrons. The Morgan fingerprint density at radius 2 is 1.54 bits per heavy atom. The van der Waals surface area contributed by atoms with E-state index in [1.54, 1.807) is 25.6 Å². The molecule has 0 aliphatic rings. The maximum absolute atomic E-state index is 6.87. The Balaban J connectivity index is 1.44. The predicted molar refractivity (Wildman–Crippen MR) is 164 cm³/mol. The van der Waals surface area contributed by atoms with Crippen molar-refractivity contribution in [2.24, 2.45) is 7.05 Å². The molecule has 39 heavy (non-hydrogen) atoms. The number of ether oxygens (including phenoxy) is 2. The number of allylic oxidation sites excluding steroid dienone is 2. The Kier molecular flexibility index (Phi) is 8.30. The van der Waals surface area contributed by atoms with Gasteiger partial charge in [0.1, 0.15) is 28.4 Å². The van der Waals surface area contributed by atoms with E-state index in [-0.39, 0.29) is 0 Å². The van der Waals surface area contributed by atoms with E-state index in [0.717, 1.165) is 38.8 Å². The lowest BCUT2D eigenvalue weighted by molar-refractivity contribution is -0.642. The van der Waals surface area contributed by atoms with Crippen LogP contribution in [0.2, 0.25) is 0 Å². The van der Waals surface area contributed by atoms with E-state index in [2.05, 4.69) is 65.1 Å². The average Bonchev–Trinajstić information content (AvgIpc) is 3.30. The fourth-order valence-corrected chi connectivity index (χ4v) is 5.91. The number of methoxy groups -OCH3 is 2. The number of thiazole rings is 1. The molecule has 0 fully saturated rings. The zero-order chi connectivity index (χ0) is 27.2. The van der Waals surface area contributed by atoms with Crippen LogP contribution in [0.3, 0.4) is 0 Å². The highest BCUT2D eigenvalue weighted by molar-refractivity contribution is 7.18. The molecule has 0 unspecified atom stereocenters. The van der Waals surface area contributed by atoms with Crippen molar-refractivity contribution in [1.29, 1.82) is 0 Å². The summed E-state index contributed by atoms with van der Waals surface area (Å²) in [5.74, 6) is 1.57. The van der Waals surface area contributed by atoms with Crippen LogP contribution in [0.5, 0.6) is 11.5 Å². The van der Waals surface area contributed by atoms with Gasteiger partial charge in [-0.05, 0) is 53.6 Å². The summed E-state index contributed by atoms with van der Waals surface area (Å²) in [4.78, 5) is 2.11. The van der Waals surface area contributed by atoms with Gasteiger partial charge in [0.25, 0.3) is 5.01 Å². The Morgan fingerprint density at radius 3 is 2.21 bits per heavy atom. The van der Waals surface area contributed by atoms with E-state index < -0.39 is 0 Å². The highest BCUT2D eigenvalue weighted by atomic mass is 35.5. The lowest BCUT2D eigenvalue weighted by Crippen LogP contribution is -2.28. The Hall–Kier alpha value is -4.06. The van der Waals surface area contributed by atoms with Gasteiger partial charge in [0, 0.05) is 24.4 Å². The van der Waals surface area contributed by atoms with E-state index >= 15 is 0 Å². The second-order valence-electron chi connectivity index (χ2n) is 8.98. The Morgan fingerprint density at radius 1 is 0.872 bits per heavy atom. The normalized spacial score (nSPS) is 11.7. The summed E-state index contributed by atoms with van der Waals surface area (Å²) < 4.78 is 14.6. The monoisotopic (exact) mass is 553 g/mol. The number of aromatic nitrogens is 1. The molecule has 5 rings (SSSR count). The van der Waals surface area contributed by atoms with Crippen LogP contribution in [-0.2, 0) is 13.6 Å². The summed E-state index contributed by atoms with van der Waals surface area (Å²) in [6, 6.07) is 32.9. The van der Waals surface area contributed by atoms with Crippen molar-refractivity contribution in [1.82, 2.24) is 0 Å². The molecule has 1 aromatic heterocycles. The van der Waals surface area contributed by atoms with Crippen LogP contribution in [0.25, 0.3) is 27.4 Å². The van der Waals surface area contributed by atoms with Crippen LogP contribution in [0, 0.1) is 0 Å². The number of aryl methyl sites for hydroxylation is 1. The van der Waals surface area contributed by atoms with Gasteiger partial charge < -0.3 is 14.4 Å². The maximum atomic E-state index is 6.87. The molecule has 0 spiro atoms. The highest BCUT2D eigenvalue weighted by Crippen LogP contribution is 2.39. The van der Waals surface area contributed by atoms with Gasteiger partial charge in [-0.3, -0.25) is 0 Å². The zero-order valence-corrected chi connectivity index (χ0v) is 23.7. The van der Waals surface area contributed by atoms with E-state index in [0.29, 0.717) is 11.7 Å². The van der Waals surface area contributed by atoms with Gasteiger partial charge in [-0.15, -0.1) is 0 Å². The first kappa shape index (κ1) is 26.5. The van der Waals surface area contributed by atoms with Crippen LogP contribution >= 0.6 is 22.9 Å². The third kappa shape index (κ3) is 5.85. The van der Waals surface area contributed by atoms with Gasteiger partial charge in [-0.1, -0.05) is 83.6 Å². The minimum atomic E-state index is 0.649. The maximum Gasteiger partial charge on any atom is 0.262 e. The molecule has 0 amide bonds. The lowest BCUT2D eigenvalue weighted by atomic mass is 10.0. The first-order valence-corrected chi connectivity index (χ1v) is 13.8. The number of halogens is 1. The number of nitrogens with zero attached hydrogens (tertiary/aromatic N) is 2. The first-order chi connectivity index (χ1) is 19.1. The topological polar surface area (TPSA) is 25.6 Å². The predicted octanol–water partition coefficient (Wildman–Crippen LogP) is 8.21. The number of hydrogen-bond acceptors (Lipinski definition) is 4. The number of benzene rings is 4. The van der Waals surface area contributed by atoms with Crippen molar-refractivity contribution >= 4 is 44.9 Å². The number of rotatable bonds is 9. The fourth-order valence-electron chi connectivity index (χ4n) is 4.57. The van der Waals surface area contributed by atoms with Crippen LogP contribution < -0.4 is 18.9 Å². The SMILES string of the molecule is COc1cccc(OC)c1-c1ccc2c(c1)sc(C=C/C=C(/Cl)N(Cc1ccccc1)c1ccccc1)[n+]2C. The molecule has 0 aliphatic carbocycles. The van der Waals surface area contributed by atoms with Crippen molar-refractivity contribution in [3.8, 4) is 22.6 Å². The molecule has 0 saturated heterocycles. The summed E-state index contributed by atoms with van der Waals surface area (Å²) in [5.41, 5.74) is 5.39. The smallest absolute Gasteiger partial charge is 0.262 e. The first-order valence-electron chi connectivity index (χ1n) is 12.6. The number of fused-ring (bicyclic) bond motifs is 1. The molecular weight excluding hydrogens is 524 g/mol. The van der Waals surface area contributed by atoms with Gasteiger partial charge in [-0.25, -0.2) is 0 Å². The fraction of sp³-hybridized carbons (Fsp3) is 0.121. The quantitative estimate of drug-likeness (QED) is 0.104. The third-order valence-electron chi connectivity index (χ3n) is 6.56. The molecule has 0 radical (unpaired) electrons. The summed E-state index contributed by atoms with van der Waals surface area (Å²) in [6.45, 7) is 0.680. The van der Waals surface area contributed by atoms with Crippen molar-refractivity contribution in [3.05, 3.63) is 125 Å². The van der Waals surface area contributed by atoms with Gasteiger partial charge in [0.2, 0.25) is 5.52 Å². The molecule has 0 N–H and O–H groups in total. The average molecular weight is 554 g/mol. The Labute approximate surface area is 238 Å². The van der Waals surface area contributed by atoms with Crippen LogP contribution in [-0.4, -0.2) is 14.2 Å². The van der Waals surface area contributed by atoms with Gasteiger partial charge in [-0.2, -0.15) is 4.57 Å². The third-order valence-corrected chi connectivity index (χ3v) is 8.06. The highest BCUT2D eigenvalue weighted by Gasteiger charge is 2.18. The van der Waals surface area contributed by atoms with Crippen molar-refractivity contribution in [2.45, 2.75) is 6.54 Å². The number of para-hydroxylation sites is 1. The molecule has 4 aromatic carbocycles. The van der Waals surface area contributed by atoms with Crippen molar-refractivity contribution in [2.75, 3.05) is 19.1 Å². The second kappa shape index (κ2) is 12.2. The van der Waals surface area contributed by atoms with Crippen molar-refractivity contribution < 1.29 is 14.0 Å². The molecule has 4 nitrogen and oxygen atoms in total. The van der Waals surface area contributed by atoms with Gasteiger partial charge in [0.15, 0.2) is 0 Å².